The molecule has 0 aliphatic carbocycles. The van der Waals surface area contributed by atoms with Crippen LogP contribution in [0, 0.1) is 21.8 Å². The molecule has 0 spiro atoms. The lowest BCUT2D eigenvalue weighted by Gasteiger charge is -2.38. The number of fused-ring (bicyclic) bond motifs is 1. The number of nitro groups is 1. The molecule has 0 N–H and O–H groups in total. The van der Waals surface area contributed by atoms with E-state index >= 15 is 0 Å². The van der Waals surface area contributed by atoms with E-state index in [9.17, 15) is 14.5 Å². The van der Waals surface area contributed by atoms with E-state index in [4.69, 9.17) is 16.6 Å². The number of halogens is 2. The molecule has 0 saturated heterocycles. The monoisotopic (exact) mass is 463 g/mol. The Morgan fingerprint density at radius 3 is 2.65 bits per heavy atom. The first-order valence-corrected chi connectivity index (χ1v) is 11.2. The molecule has 2 aromatic heterocycles. The van der Waals surface area contributed by atoms with Crippen molar-refractivity contribution in [2.24, 2.45) is 5.92 Å². The van der Waals surface area contributed by atoms with Crippen LogP contribution in [0.1, 0.15) is 31.3 Å². The summed E-state index contributed by atoms with van der Waals surface area (Å²) in [6, 6.07) is 6.45. The Morgan fingerprint density at radius 2 is 2.00 bits per heavy atom. The van der Waals surface area contributed by atoms with Gasteiger partial charge in [0.15, 0.2) is 0 Å². The van der Waals surface area contributed by atoms with Crippen LogP contribution in [0.25, 0.3) is 10.6 Å². The summed E-state index contributed by atoms with van der Waals surface area (Å²) in [5, 5.41) is 12.0. The van der Waals surface area contributed by atoms with Crippen molar-refractivity contribution in [2.45, 2.75) is 39.3 Å². The summed E-state index contributed by atoms with van der Waals surface area (Å²) < 4.78 is 14.9. The van der Waals surface area contributed by atoms with Crippen LogP contribution in [-0.2, 0) is 18.5 Å². The Balaban J connectivity index is 1.48. The Morgan fingerprint density at radius 1 is 1.29 bits per heavy atom. The minimum Gasteiger partial charge on any atom is -0.358 e. The normalized spacial score (nSPS) is 16.8. The van der Waals surface area contributed by atoms with Gasteiger partial charge in [-0.1, -0.05) is 20.8 Å². The predicted molar refractivity (Wildman–Crippen MR) is 119 cm³/mol. The molecule has 4 rings (SSSR count). The Kier molecular flexibility index (Phi) is 5.85. The zero-order chi connectivity index (χ0) is 22.3. The van der Waals surface area contributed by atoms with E-state index in [0.29, 0.717) is 6.54 Å². The molecular formula is C21H23ClFN5O2S. The molecule has 0 bridgehead atoms. The number of aromatic nitrogens is 3. The fraction of sp³-hybridized carbons (Fsp3) is 0.429. The number of nitrogens with zero attached hydrogens (tertiary/aromatic N) is 5. The first-order chi connectivity index (χ1) is 14.6. The fourth-order valence-corrected chi connectivity index (χ4v) is 5.65. The van der Waals surface area contributed by atoms with E-state index in [1.165, 1.54) is 23.2 Å². The molecule has 0 amide bonds. The number of hydrogen-bond donors (Lipinski definition) is 0. The van der Waals surface area contributed by atoms with Gasteiger partial charge in [-0.3, -0.25) is 9.47 Å². The van der Waals surface area contributed by atoms with Crippen molar-refractivity contribution in [3.63, 3.8) is 0 Å². The number of imidazole rings is 1. The van der Waals surface area contributed by atoms with Crippen LogP contribution in [0.5, 0.6) is 0 Å². The maximum absolute atomic E-state index is 13.3. The maximum Gasteiger partial charge on any atom is 0.383 e. The van der Waals surface area contributed by atoms with E-state index in [1.54, 1.807) is 28.0 Å². The Bertz CT molecular complexity index is 1110. The molecule has 1 aromatic carbocycles. The van der Waals surface area contributed by atoms with Crippen molar-refractivity contribution in [3.05, 3.63) is 62.2 Å². The molecule has 0 fully saturated rings. The van der Waals surface area contributed by atoms with Crippen LogP contribution in [0.3, 0.4) is 0 Å². The summed E-state index contributed by atoms with van der Waals surface area (Å²) in [4.78, 5) is 22.7. The third-order valence-corrected chi connectivity index (χ3v) is 6.79. The zero-order valence-electron chi connectivity index (χ0n) is 17.5. The lowest BCUT2D eigenvalue weighted by molar-refractivity contribution is -0.389. The minimum atomic E-state index is -0.537. The second-order valence-electron chi connectivity index (χ2n) is 8.73. The lowest BCUT2D eigenvalue weighted by atomic mass is 9.84. The van der Waals surface area contributed by atoms with Gasteiger partial charge in [0.1, 0.15) is 17.0 Å². The van der Waals surface area contributed by atoms with Crippen LogP contribution >= 0.6 is 22.9 Å². The molecule has 1 aliphatic rings. The average molecular weight is 464 g/mol. The minimum absolute atomic E-state index is 0.118. The summed E-state index contributed by atoms with van der Waals surface area (Å²) in [7, 11) is 0. The highest BCUT2D eigenvalue weighted by Gasteiger charge is 2.35. The third kappa shape index (κ3) is 4.63. The summed E-state index contributed by atoms with van der Waals surface area (Å²) in [6.07, 6.45) is 1.38. The molecule has 31 heavy (non-hydrogen) atoms. The van der Waals surface area contributed by atoms with Crippen molar-refractivity contribution in [1.29, 1.82) is 0 Å². The first-order valence-electron chi connectivity index (χ1n) is 9.98. The maximum atomic E-state index is 13.3. The van der Waals surface area contributed by atoms with E-state index in [-0.39, 0.29) is 28.3 Å². The molecular weight excluding hydrogens is 441 g/mol. The Hall–Kier alpha value is -2.36. The van der Waals surface area contributed by atoms with Gasteiger partial charge >= 0.3 is 11.1 Å². The van der Waals surface area contributed by atoms with Crippen LogP contribution in [0.15, 0.2) is 30.5 Å². The van der Waals surface area contributed by atoms with Crippen molar-refractivity contribution in [1.82, 2.24) is 19.4 Å². The van der Waals surface area contributed by atoms with Gasteiger partial charge in [0.05, 0.1) is 5.69 Å². The summed E-state index contributed by atoms with van der Waals surface area (Å²) >= 11 is 7.72. The second-order valence-corrected chi connectivity index (χ2v) is 10.2. The zero-order valence-corrected chi connectivity index (χ0v) is 19.1. The van der Waals surface area contributed by atoms with Gasteiger partial charge < -0.3 is 10.1 Å². The number of hydrogen-bond acceptors (Lipinski definition) is 6. The van der Waals surface area contributed by atoms with E-state index in [1.807, 2.05) is 0 Å². The highest BCUT2D eigenvalue weighted by molar-refractivity contribution is 7.15. The molecule has 10 heteroatoms. The molecule has 1 unspecified atom stereocenters. The van der Waals surface area contributed by atoms with Gasteiger partial charge in [0.2, 0.25) is 0 Å². The summed E-state index contributed by atoms with van der Waals surface area (Å²) in [6.45, 7) is 9.48. The highest BCUT2D eigenvalue weighted by atomic mass is 35.5. The first kappa shape index (κ1) is 21.9. The highest BCUT2D eigenvalue weighted by Crippen LogP contribution is 2.39. The number of thiazole rings is 1. The number of benzene rings is 1. The lowest BCUT2D eigenvalue weighted by Crippen LogP contribution is -2.43. The van der Waals surface area contributed by atoms with Crippen LogP contribution in [0.2, 0.25) is 5.28 Å². The van der Waals surface area contributed by atoms with Gasteiger partial charge in [-0.2, -0.15) is 0 Å². The second kappa shape index (κ2) is 8.29. The van der Waals surface area contributed by atoms with Gasteiger partial charge in [-0.15, -0.1) is 11.3 Å². The van der Waals surface area contributed by atoms with Crippen molar-refractivity contribution < 1.29 is 9.31 Å². The molecule has 1 aliphatic heterocycles. The standard InChI is InChI=1S/C21H23ClFN5O2S/c1-13(9-27-11-17(28(29)30)24-20(27)22)8-26-10-16-18(21(2,3)12-26)25-19(31-16)14-4-6-15(23)7-5-14/h4-7,11,13H,8-10,12H2,1-3H3. The predicted octanol–water partition coefficient (Wildman–Crippen LogP) is 5.14. The smallest absolute Gasteiger partial charge is 0.358 e. The number of rotatable bonds is 6. The van der Waals surface area contributed by atoms with E-state index in [2.05, 4.69) is 30.7 Å². The van der Waals surface area contributed by atoms with Crippen molar-refractivity contribution >= 4 is 28.8 Å². The van der Waals surface area contributed by atoms with Crippen molar-refractivity contribution in [3.8, 4) is 10.6 Å². The van der Waals surface area contributed by atoms with Gasteiger partial charge in [-0.05, 0) is 51.7 Å². The Labute approximate surface area is 188 Å². The average Bonchev–Trinajstić information content (AvgIpc) is 3.26. The molecule has 3 heterocycles. The quantitative estimate of drug-likeness (QED) is 0.374. The van der Waals surface area contributed by atoms with Crippen LogP contribution in [-0.4, -0.2) is 37.4 Å². The molecule has 0 radical (unpaired) electrons. The van der Waals surface area contributed by atoms with Crippen LogP contribution < -0.4 is 0 Å². The van der Waals surface area contributed by atoms with Crippen LogP contribution in [0.4, 0.5) is 10.2 Å². The largest absolute Gasteiger partial charge is 0.383 e. The van der Waals surface area contributed by atoms with Gasteiger partial charge in [0, 0.05) is 42.0 Å². The topological polar surface area (TPSA) is 77.1 Å². The molecule has 164 valence electrons. The van der Waals surface area contributed by atoms with Gasteiger partial charge in [0.25, 0.3) is 0 Å². The van der Waals surface area contributed by atoms with E-state index in [0.717, 1.165) is 35.9 Å². The summed E-state index contributed by atoms with van der Waals surface area (Å²) in [5.41, 5.74) is 1.91. The van der Waals surface area contributed by atoms with Crippen molar-refractivity contribution in [2.75, 3.05) is 13.1 Å². The molecule has 0 saturated carbocycles. The molecule has 1 atom stereocenters. The summed E-state index contributed by atoms with van der Waals surface area (Å²) in [5.74, 6) is -0.277. The van der Waals surface area contributed by atoms with Gasteiger partial charge in [-0.25, -0.2) is 9.37 Å². The molecule has 3 aromatic rings. The van der Waals surface area contributed by atoms with E-state index < -0.39 is 4.92 Å². The SMILES string of the molecule is CC(CN1Cc2sc(-c3ccc(F)cc3)nc2C(C)(C)C1)Cn1cc([N+](=O)[O-])nc1Cl. The molecule has 7 nitrogen and oxygen atoms in total. The third-order valence-electron chi connectivity index (χ3n) is 5.40. The fourth-order valence-electron chi connectivity index (χ4n) is 4.16.